The monoisotopic (exact) mass is 511 g/mol. The summed E-state index contributed by atoms with van der Waals surface area (Å²) in [5.41, 5.74) is 2.84. The van der Waals surface area contributed by atoms with Gasteiger partial charge in [0.1, 0.15) is 0 Å². The molecule has 1 aliphatic carbocycles. The quantitative estimate of drug-likeness (QED) is 0.498. The molecular weight excluding hydrogens is 482 g/mol. The van der Waals surface area contributed by atoms with Crippen molar-refractivity contribution in [2.24, 2.45) is 5.92 Å². The molecule has 2 saturated heterocycles. The molecule has 1 amide bonds. The minimum atomic E-state index is -0.134. The second kappa shape index (κ2) is 10.2. The molecule has 190 valence electrons. The van der Waals surface area contributed by atoms with Crippen LogP contribution in [0.4, 0.5) is 11.9 Å². The zero-order valence-electron chi connectivity index (χ0n) is 20.1. The molecule has 2 aromatic heterocycles. The molecule has 36 heavy (non-hydrogen) atoms. The van der Waals surface area contributed by atoms with E-state index in [9.17, 15) is 4.79 Å². The van der Waals surface area contributed by atoms with E-state index in [0.717, 1.165) is 69.7 Å². The van der Waals surface area contributed by atoms with E-state index in [-0.39, 0.29) is 11.9 Å². The van der Waals surface area contributed by atoms with Crippen molar-refractivity contribution in [3.8, 4) is 11.1 Å². The van der Waals surface area contributed by atoms with Gasteiger partial charge in [0.25, 0.3) is 5.91 Å². The normalized spacial score (nSPS) is 19.0. The Labute approximate surface area is 214 Å². The maximum Gasteiger partial charge on any atom is 0.253 e. The SMILES string of the molecule is O=C(NC1CC1)c1ccc(-c2cnn3c(NCC4CCOCC4)nc(N4CCOCC4)nc23)cc1Cl. The van der Waals surface area contributed by atoms with Crippen LogP contribution >= 0.6 is 11.6 Å². The average Bonchev–Trinajstić information content (AvgIpc) is 3.62. The fourth-order valence-corrected chi connectivity index (χ4v) is 4.90. The summed E-state index contributed by atoms with van der Waals surface area (Å²) >= 11 is 6.55. The minimum Gasteiger partial charge on any atom is -0.381 e. The molecule has 0 bridgehead atoms. The van der Waals surface area contributed by atoms with Gasteiger partial charge in [0.05, 0.1) is 30.0 Å². The van der Waals surface area contributed by atoms with E-state index >= 15 is 0 Å². The summed E-state index contributed by atoms with van der Waals surface area (Å²) in [5.74, 6) is 1.70. The van der Waals surface area contributed by atoms with Gasteiger partial charge in [-0.2, -0.15) is 19.6 Å². The van der Waals surface area contributed by atoms with Gasteiger partial charge in [-0.15, -0.1) is 0 Å². The fraction of sp³-hybridized carbons (Fsp3) is 0.520. The second-order valence-electron chi connectivity index (χ2n) is 9.62. The lowest BCUT2D eigenvalue weighted by Crippen LogP contribution is -2.37. The molecular formula is C25H30ClN7O3. The van der Waals surface area contributed by atoms with Crippen molar-refractivity contribution in [1.82, 2.24) is 24.9 Å². The van der Waals surface area contributed by atoms with E-state index in [2.05, 4.69) is 20.6 Å². The summed E-state index contributed by atoms with van der Waals surface area (Å²) in [7, 11) is 0. The van der Waals surface area contributed by atoms with Gasteiger partial charge in [0, 0.05) is 44.5 Å². The van der Waals surface area contributed by atoms with Gasteiger partial charge in [0.15, 0.2) is 5.65 Å². The van der Waals surface area contributed by atoms with Gasteiger partial charge in [0.2, 0.25) is 11.9 Å². The number of benzene rings is 1. The van der Waals surface area contributed by atoms with Crippen LogP contribution in [0.15, 0.2) is 24.4 Å². The van der Waals surface area contributed by atoms with Gasteiger partial charge < -0.3 is 25.0 Å². The Hall–Kier alpha value is -2.95. The highest BCUT2D eigenvalue weighted by atomic mass is 35.5. The lowest BCUT2D eigenvalue weighted by molar-refractivity contribution is 0.0699. The number of rotatable bonds is 7. The molecule has 0 atom stereocenters. The van der Waals surface area contributed by atoms with Gasteiger partial charge >= 0.3 is 0 Å². The first kappa shape index (κ1) is 23.4. The van der Waals surface area contributed by atoms with E-state index in [4.69, 9.17) is 31.0 Å². The summed E-state index contributed by atoms with van der Waals surface area (Å²) in [6.45, 7) is 5.14. The summed E-state index contributed by atoms with van der Waals surface area (Å²) in [4.78, 5) is 24.4. The Morgan fingerprint density at radius 2 is 1.83 bits per heavy atom. The number of aromatic nitrogens is 4. The van der Waals surface area contributed by atoms with Crippen molar-refractivity contribution in [2.75, 3.05) is 56.3 Å². The number of halogens is 1. The molecule has 10 nitrogen and oxygen atoms in total. The lowest BCUT2D eigenvalue weighted by Gasteiger charge is -2.27. The van der Waals surface area contributed by atoms with Crippen LogP contribution in [0, 0.1) is 5.92 Å². The molecule has 11 heteroatoms. The number of nitrogens with one attached hydrogen (secondary N) is 2. The molecule has 3 fully saturated rings. The highest BCUT2D eigenvalue weighted by Gasteiger charge is 2.25. The van der Waals surface area contributed by atoms with Crippen molar-refractivity contribution in [2.45, 2.75) is 31.7 Å². The van der Waals surface area contributed by atoms with Crippen LogP contribution in [0.1, 0.15) is 36.0 Å². The van der Waals surface area contributed by atoms with Gasteiger partial charge in [-0.25, -0.2) is 0 Å². The van der Waals surface area contributed by atoms with Crippen LogP contribution in [0.5, 0.6) is 0 Å². The van der Waals surface area contributed by atoms with Gasteiger partial charge in [-0.05, 0) is 49.3 Å². The smallest absolute Gasteiger partial charge is 0.253 e. The molecule has 3 aliphatic rings. The molecule has 4 heterocycles. The van der Waals surface area contributed by atoms with E-state index in [1.54, 1.807) is 16.8 Å². The van der Waals surface area contributed by atoms with Crippen molar-refractivity contribution in [1.29, 1.82) is 0 Å². The van der Waals surface area contributed by atoms with E-state index in [0.29, 0.717) is 47.3 Å². The molecule has 1 aromatic carbocycles. The Morgan fingerprint density at radius 1 is 1.06 bits per heavy atom. The van der Waals surface area contributed by atoms with Crippen LogP contribution in [-0.4, -0.2) is 77.6 Å². The predicted molar refractivity (Wildman–Crippen MR) is 137 cm³/mol. The summed E-state index contributed by atoms with van der Waals surface area (Å²) in [6.07, 6.45) is 5.89. The molecule has 0 radical (unpaired) electrons. The van der Waals surface area contributed by atoms with Crippen molar-refractivity contribution in [3.63, 3.8) is 0 Å². The maximum absolute atomic E-state index is 12.5. The zero-order valence-corrected chi connectivity index (χ0v) is 20.8. The Balaban J connectivity index is 1.34. The number of anilines is 2. The van der Waals surface area contributed by atoms with Crippen LogP contribution in [0.3, 0.4) is 0 Å². The lowest BCUT2D eigenvalue weighted by atomic mass is 10.0. The van der Waals surface area contributed by atoms with Gasteiger partial charge in [-0.1, -0.05) is 17.7 Å². The molecule has 2 aliphatic heterocycles. The third-order valence-electron chi connectivity index (χ3n) is 6.98. The number of nitrogens with zero attached hydrogens (tertiary/aromatic N) is 5. The highest BCUT2D eigenvalue weighted by Crippen LogP contribution is 2.31. The zero-order chi connectivity index (χ0) is 24.5. The first-order valence-electron chi connectivity index (χ1n) is 12.7. The standard InChI is InChI=1S/C25H30ClN7O3/c26-21-13-17(1-4-19(21)23(34)29-18-2-3-18)20-15-28-33-22(20)30-25(32-7-11-36-12-8-32)31-24(33)27-14-16-5-9-35-10-6-16/h1,4,13,15-16,18H,2-3,5-12,14H2,(H,29,34)(H,27,30,31). The summed E-state index contributed by atoms with van der Waals surface area (Å²) in [6, 6.07) is 5.76. The second-order valence-corrected chi connectivity index (χ2v) is 10.0. The van der Waals surface area contributed by atoms with Crippen LogP contribution in [-0.2, 0) is 9.47 Å². The predicted octanol–water partition coefficient (Wildman–Crippen LogP) is 3.01. The minimum absolute atomic E-state index is 0.134. The van der Waals surface area contributed by atoms with Crippen molar-refractivity contribution >= 4 is 35.1 Å². The van der Waals surface area contributed by atoms with Gasteiger partial charge in [-0.3, -0.25) is 4.79 Å². The van der Waals surface area contributed by atoms with Crippen LogP contribution in [0.25, 0.3) is 16.8 Å². The molecule has 1 saturated carbocycles. The molecule has 2 N–H and O–H groups in total. The third kappa shape index (κ3) is 4.98. The topological polar surface area (TPSA) is 106 Å². The van der Waals surface area contributed by atoms with Crippen LogP contribution in [0.2, 0.25) is 5.02 Å². The average molecular weight is 512 g/mol. The number of ether oxygens (including phenoxy) is 2. The number of carbonyl (C=O) groups excluding carboxylic acids is 1. The molecule has 6 rings (SSSR count). The summed E-state index contributed by atoms with van der Waals surface area (Å²) in [5, 5.41) is 11.5. The number of carbonyl (C=O) groups is 1. The van der Waals surface area contributed by atoms with Crippen molar-refractivity contribution in [3.05, 3.63) is 35.0 Å². The third-order valence-corrected chi connectivity index (χ3v) is 7.29. The maximum atomic E-state index is 12.5. The molecule has 3 aromatic rings. The molecule has 0 unspecified atom stereocenters. The van der Waals surface area contributed by atoms with Crippen molar-refractivity contribution < 1.29 is 14.3 Å². The number of hydrogen-bond acceptors (Lipinski definition) is 8. The number of hydrogen-bond donors (Lipinski definition) is 2. The van der Waals surface area contributed by atoms with E-state index < -0.39 is 0 Å². The molecule has 0 spiro atoms. The number of fused-ring (bicyclic) bond motifs is 1. The number of amides is 1. The Bertz CT molecular complexity index is 1250. The first-order chi connectivity index (χ1) is 17.7. The van der Waals surface area contributed by atoms with E-state index in [1.807, 2.05) is 12.1 Å². The Kier molecular flexibility index (Phi) is 6.64. The summed E-state index contributed by atoms with van der Waals surface area (Å²) < 4.78 is 12.8. The highest BCUT2D eigenvalue weighted by molar-refractivity contribution is 6.34. The van der Waals surface area contributed by atoms with E-state index in [1.165, 1.54) is 0 Å². The Morgan fingerprint density at radius 3 is 2.58 bits per heavy atom. The fourth-order valence-electron chi connectivity index (χ4n) is 4.63. The van der Waals surface area contributed by atoms with Crippen LogP contribution < -0.4 is 15.5 Å². The number of morpholine rings is 1. The first-order valence-corrected chi connectivity index (χ1v) is 13.0. The largest absolute Gasteiger partial charge is 0.381 e.